The molecule has 5 nitrogen and oxygen atoms in total. The molecular formula is C13H23N3O2. The molecule has 102 valence electrons. The summed E-state index contributed by atoms with van der Waals surface area (Å²) >= 11 is 0. The molecule has 0 fully saturated rings. The normalized spacial score (nSPS) is 12.4. The predicted molar refractivity (Wildman–Crippen MR) is 70.1 cm³/mol. The first-order valence-electron chi connectivity index (χ1n) is 6.48. The lowest BCUT2D eigenvalue weighted by molar-refractivity contribution is -0.121. The molecule has 5 heteroatoms. The second kappa shape index (κ2) is 7.87. The van der Waals surface area contributed by atoms with Crippen LogP contribution >= 0.6 is 0 Å². The monoisotopic (exact) mass is 253 g/mol. The largest absolute Gasteiger partial charge is 0.396 e. The van der Waals surface area contributed by atoms with E-state index in [4.69, 9.17) is 5.11 Å². The van der Waals surface area contributed by atoms with Gasteiger partial charge in [0.1, 0.15) is 5.82 Å². The maximum atomic E-state index is 11.6. The Kier molecular flexibility index (Phi) is 6.43. The molecule has 1 aromatic heterocycles. The maximum Gasteiger partial charge on any atom is 0.220 e. The van der Waals surface area contributed by atoms with E-state index in [1.54, 1.807) is 6.20 Å². The van der Waals surface area contributed by atoms with Gasteiger partial charge in [-0.05, 0) is 25.7 Å². The van der Waals surface area contributed by atoms with E-state index < -0.39 is 0 Å². The summed E-state index contributed by atoms with van der Waals surface area (Å²) < 4.78 is 2.04. The van der Waals surface area contributed by atoms with Gasteiger partial charge in [0.15, 0.2) is 0 Å². The number of rotatable bonds is 8. The van der Waals surface area contributed by atoms with Crippen LogP contribution in [0.3, 0.4) is 0 Å². The summed E-state index contributed by atoms with van der Waals surface area (Å²) in [5.41, 5.74) is 0. The van der Waals surface area contributed by atoms with E-state index in [-0.39, 0.29) is 12.5 Å². The number of aryl methyl sites for hydroxylation is 2. The third-order valence-corrected chi connectivity index (χ3v) is 3.00. The van der Waals surface area contributed by atoms with E-state index in [1.165, 1.54) is 0 Å². The van der Waals surface area contributed by atoms with E-state index >= 15 is 0 Å². The van der Waals surface area contributed by atoms with Gasteiger partial charge in [-0.3, -0.25) is 4.79 Å². The van der Waals surface area contributed by atoms with Crippen molar-refractivity contribution in [2.75, 3.05) is 13.2 Å². The van der Waals surface area contributed by atoms with Gasteiger partial charge < -0.3 is 15.0 Å². The Hall–Kier alpha value is -1.36. The number of aromatic nitrogens is 2. The van der Waals surface area contributed by atoms with E-state index in [9.17, 15) is 4.79 Å². The highest BCUT2D eigenvalue weighted by molar-refractivity contribution is 5.75. The fraction of sp³-hybridized carbons (Fsp3) is 0.692. The Labute approximate surface area is 108 Å². The Morgan fingerprint density at radius 3 is 3.00 bits per heavy atom. The number of amides is 1. The van der Waals surface area contributed by atoms with Crippen molar-refractivity contribution in [3.05, 3.63) is 18.2 Å². The first-order valence-corrected chi connectivity index (χ1v) is 6.48. The van der Waals surface area contributed by atoms with Crippen molar-refractivity contribution in [3.8, 4) is 0 Å². The summed E-state index contributed by atoms with van der Waals surface area (Å²) in [6.07, 6.45) is 5.78. The van der Waals surface area contributed by atoms with Crippen molar-refractivity contribution >= 4 is 5.91 Å². The molecule has 0 aliphatic carbocycles. The number of nitrogens with zero attached hydrogens (tertiary/aromatic N) is 2. The van der Waals surface area contributed by atoms with Gasteiger partial charge in [-0.25, -0.2) is 4.98 Å². The Balaban J connectivity index is 2.12. The molecule has 0 bridgehead atoms. The molecule has 18 heavy (non-hydrogen) atoms. The minimum Gasteiger partial charge on any atom is -0.396 e. The van der Waals surface area contributed by atoms with Crippen LogP contribution in [0, 0.1) is 12.8 Å². The van der Waals surface area contributed by atoms with E-state index in [0.29, 0.717) is 18.9 Å². The predicted octanol–water partition coefficient (Wildman–Crippen LogP) is 1.11. The summed E-state index contributed by atoms with van der Waals surface area (Å²) in [5.74, 6) is 1.39. The lowest BCUT2D eigenvalue weighted by atomic mass is 10.1. The van der Waals surface area contributed by atoms with Gasteiger partial charge in [0, 0.05) is 38.5 Å². The third kappa shape index (κ3) is 5.31. The highest BCUT2D eigenvalue weighted by atomic mass is 16.3. The maximum absolute atomic E-state index is 11.6. The summed E-state index contributed by atoms with van der Waals surface area (Å²) in [6, 6.07) is 0. The minimum atomic E-state index is 0.0811. The van der Waals surface area contributed by atoms with Crippen LogP contribution in [0.5, 0.6) is 0 Å². The average Bonchev–Trinajstić information content (AvgIpc) is 2.73. The molecule has 1 amide bonds. The molecule has 2 N–H and O–H groups in total. The number of aliphatic hydroxyl groups is 1. The zero-order chi connectivity index (χ0) is 13.4. The summed E-state index contributed by atoms with van der Waals surface area (Å²) in [7, 11) is 0. The number of aliphatic hydroxyl groups excluding tert-OH is 1. The van der Waals surface area contributed by atoms with Crippen molar-refractivity contribution in [2.24, 2.45) is 5.92 Å². The van der Waals surface area contributed by atoms with Crippen molar-refractivity contribution in [1.29, 1.82) is 0 Å². The Morgan fingerprint density at radius 2 is 2.39 bits per heavy atom. The van der Waals surface area contributed by atoms with E-state index in [1.807, 2.05) is 24.6 Å². The molecule has 0 aliphatic heterocycles. The average molecular weight is 253 g/mol. The molecule has 1 aromatic rings. The summed E-state index contributed by atoms with van der Waals surface area (Å²) in [6.45, 7) is 5.62. The molecule has 0 aromatic carbocycles. The van der Waals surface area contributed by atoms with Gasteiger partial charge in [0.25, 0.3) is 0 Å². The van der Waals surface area contributed by atoms with Crippen LogP contribution in [-0.2, 0) is 11.3 Å². The van der Waals surface area contributed by atoms with Crippen LogP contribution in [0.25, 0.3) is 0 Å². The standard InChI is InChI=1S/C13H23N3O2/c1-11(5-9-17)10-15-13(18)4-3-7-16-8-6-14-12(16)2/h6,8,11,17H,3-5,7,9-10H2,1-2H3,(H,15,18). The van der Waals surface area contributed by atoms with Crippen LogP contribution in [0.4, 0.5) is 0 Å². The first-order chi connectivity index (χ1) is 8.63. The van der Waals surface area contributed by atoms with E-state index in [0.717, 1.165) is 25.2 Å². The molecule has 1 atom stereocenters. The van der Waals surface area contributed by atoms with Crippen LogP contribution in [-0.4, -0.2) is 33.7 Å². The lowest BCUT2D eigenvalue weighted by Crippen LogP contribution is -2.28. The van der Waals surface area contributed by atoms with Crippen LogP contribution in [0.2, 0.25) is 0 Å². The minimum absolute atomic E-state index is 0.0811. The first kappa shape index (κ1) is 14.7. The van der Waals surface area contributed by atoms with Gasteiger partial charge in [-0.15, -0.1) is 0 Å². The van der Waals surface area contributed by atoms with Gasteiger partial charge in [0.05, 0.1) is 0 Å². The second-order valence-electron chi connectivity index (χ2n) is 4.69. The van der Waals surface area contributed by atoms with Crippen molar-refractivity contribution in [2.45, 2.75) is 39.7 Å². The van der Waals surface area contributed by atoms with Gasteiger partial charge in [0.2, 0.25) is 5.91 Å². The SMILES string of the molecule is Cc1nccn1CCCC(=O)NCC(C)CCO. The lowest BCUT2D eigenvalue weighted by Gasteiger charge is -2.11. The smallest absolute Gasteiger partial charge is 0.220 e. The quantitative estimate of drug-likeness (QED) is 0.729. The molecule has 0 radical (unpaired) electrons. The zero-order valence-electron chi connectivity index (χ0n) is 11.2. The molecule has 0 saturated carbocycles. The molecular weight excluding hydrogens is 230 g/mol. The second-order valence-corrected chi connectivity index (χ2v) is 4.69. The fourth-order valence-corrected chi connectivity index (χ4v) is 1.75. The highest BCUT2D eigenvalue weighted by Gasteiger charge is 2.05. The van der Waals surface area contributed by atoms with Gasteiger partial charge in [-0.2, -0.15) is 0 Å². The number of imidazole rings is 1. The fourth-order valence-electron chi connectivity index (χ4n) is 1.75. The van der Waals surface area contributed by atoms with E-state index in [2.05, 4.69) is 10.3 Å². The Bertz CT molecular complexity index is 363. The topological polar surface area (TPSA) is 67.2 Å². The summed E-state index contributed by atoms with van der Waals surface area (Å²) in [5, 5.41) is 11.6. The molecule has 0 aliphatic rings. The molecule has 1 rings (SSSR count). The molecule has 0 saturated heterocycles. The summed E-state index contributed by atoms with van der Waals surface area (Å²) in [4.78, 5) is 15.7. The highest BCUT2D eigenvalue weighted by Crippen LogP contribution is 2.01. The zero-order valence-corrected chi connectivity index (χ0v) is 11.2. The number of carbonyl (C=O) groups excluding carboxylic acids is 1. The molecule has 1 unspecified atom stereocenters. The van der Waals surface area contributed by atoms with Crippen molar-refractivity contribution < 1.29 is 9.90 Å². The molecule has 0 spiro atoms. The number of carbonyl (C=O) groups is 1. The van der Waals surface area contributed by atoms with Crippen LogP contribution in [0.1, 0.15) is 32.0 Å². The van der Waals surface area contributed by atoms with Crippen molar-refractivity contribution in [3.63, 3.8) is 0 Å². The van der Waals surface area contributed by atoms with Gasteiger partial charge in [-0.1, -0.05) is 6.92 Å². The molecule has 1 heterocycles. The number of hydrogen-bond acceptors (Lipinski definition) is 3. The Morgan fingerprint density at radius 1 is 1.61 bits per heavy atom. The van der Waals surface area contributed by atoms with Gasteiger partial charge >= 0.3 is 0 Å². The third-order valence-electron chi connectivity index (χ3n) is 3.00. The number of hydrogen-bond donors (Lipinski definition) is 2. The van der Waals surface area contributed by atoms with Crippen LogP contribution < -0.4 is 5.32 Å². The van der Waals surface area contributed by atoms with Crippen molar-refractivity contribution in [1.82, 2.24) is 14.9 Å². The number of nitrogens with one attached hydrogen (secondary N) is 1. The van der Waals surface area contributed by atoms with Crippen LogP contribution in [0.15, 0.2) is 12.4 Å².